The fraction of sp³-hybridized carbons (Fsp3) is 0.562. The second-order valence-corrected chi connectivity index (χ2v) is 5.79. The first-order chi connectivity index (χ1) is 8.52. The summed E-state index contributed by atoms with van der Waals surface area (Å²) in [7, 11) is 0. The van der Waals surface area contributed by atoms with Crippen molar-refractivity contribution in [2.45, 2.75) is 52.1 Å². The Hall–Kier alpha value is -1.31. The molecule has 0 N–H and O–H groups in total. The molecule has 0 spiro atoms. The molecule has 0 unspecified atom stereocenters. The molecule has 2 rings (SSSR count). The van der Waals surface area contributed by atoms with E-state index in [9.17, 15) is 4.79 Å². The number of hydrogen-bond acceptors (Lipinski definition) is 1. The van der Waals surface area contributed by atoms with Crippen LogP contribution in [-0.4, -0.2) is 22.9 Å². The molecule has 0 heterocycles. The molecule has 2 atom stereocenters. The molecule has 1 aliphatic rings. The molecule has 0 aromatic heterocycles. The Bertz CT molecular complexity index is 402. The summed E-state index contributed by atoms with van der Waals surface area (Å²) < 4.78 is 0. The van der Waals surface area contributed by atoms with Crippen molar-refractivity contribution < 1.29 is 4.79 Å². The predicted molar refractivity (Wildman–Crippen MR) is 74.4 cm³/mol. The summed E-state index contributed by atoms with van der Waals surface area (Å²) in [5.41, 5.74) is 1.31. The SMILES string of the molecule is CC(C)N(C(=O)[C@H]1C[C@@H]1c1ccccc1)C(C)C. The Morgan fingerprint density at radius 3 is 2.17 bits per heavy atom. The minimum atomic E-state index is 0.206. The zero-order chi connectivity index (χ0) is 13.3. The van der Waals surface area contributed by atoms with E-state index in [2.05, 4.69) is 52.0 Å². The van der Waals surface area contributed by atoms with Crippen LogP contribution in [0.2, 0.25) is 0 Å². The number of nitrogens with zero attached hydrogens (tertiary/aromatic N) is 1. The van der Waals surface area contributed by atoms with Gasteiger partial charge in [-0.2, -0.15) is 0 Å². The van der Waals surface area contributed by atoms with Crippen molar-refractivity contribution in [1.29, 1.82) is 0 Å². The van der Waals surface area contributed by atoms with Crippen molar-refractivity contribution in [3.05, 3.63) is 35.9 Å². The Balaban J connectivity index is 2.05. The van der Waals surface area contributed by atoms with Gasteiger partial charge in [-0.15, -0.1) is 0 Å². The average Bonchev–Trinajstić information content (AvgIpc) is 3.09. The minimum Gasteiger partial charge on any atom is -0.338 e. The monoisotopic (exact) mass is 245 g/mol. The normalized spacial score (nSPS) is 22.3. The Labute approximate surface area is 110 Å². The molecule has 18 heavy (non-hydrogen) atoms. The van der Waals surface area contributed by atoms with Crippen LogP contribution < -0.4 is 0 Å². The number of amides is 1. The number of carbonyl (C=O) groups is 1. The zero-order valence-electron chi connectivity index (χ0n) is 11.8. The fourth-order valence-electron chi connectivity index (χ4n) is 2.83. The second kappa shape index (κ2) is 5.13. The highest BCUT2D eigenvalue weighted by atomic mass is 16.2. The van der Waals surface area contributed by atoms with Gasteiger partial charge in [0.2, 0.25) is 5.91 Å². The lowest BCUT2D eigenvalue weighted by molar-refractivity contribution is -0.136. The van der Waals surface area contributed by atoms with Gasteiger partial charge < -0.3 is 4.90 Å². The van der Waals surface area contributed by atoms with Crippen LogP contribution in [0.5, 0.6) is 0 Å². The summed E-state index contributed by atoms with van der Waals surface area (Å²) in [4.78, 5) is 14.5. The van der Waals surface area contributed by atoms with Gasteiger partial charge in [-0.1, -0.05) is 30.3 Å². The molecule has 1 aromatic carbocycles. The van der Waals surface area contributed by atoms with Crippen molar-refractivity contribution in [1.82, 2.24) is 4.90 Å². The average molecular weight is 245 g/mol. The van der Waals surface area contributed by atoms with Gasteiger partial charge in [-0.3, -0.25) is 4.79 Å². The third-order valence-corrected chi connectivity index (χ3v) is 3.70. The summed E-state index contributed by atoms with van der Waals surface area (Å²) >= 11 is 0. The smallest absolute Gasteiger partial charge is 0.226 e. The van der Waals surface area contributed by atoms with E-state index in [1.54, 1.807) is 0 Å². The third kappa shape index (κ3) is 2.58. The van der Waals surface area contributed by atoms with Gasteiger partial charge in [0.25, 0.3) is 0 Å². The van der Waals surface area contributed by atoms with E-state index in [-0.39, 0.29) is 18.0 Å². The molecule has 1 amide bonds. The predicted octanol–water partition coefficient (Wildman–Crippen LogP) is 3.44. The first-order valence-electron chi connectivity index (χ1n) is 6.89. The maximum absolute atomic E-state index is 12.5. The van der Waals surface area contributed by atoms with Gasteiger partial charge in [0, 0.05) is 18.0 Å². The molecule has 0 radical (unpaired) electrons. The Morgan fingerprint density at radius 2 is 1.67 bits per heavy atom. The quantitative estimate of drug-likeness (QED) is 0.795. The molecular formula is C16H23NO. The third-order valence-electron chi connectivity index (χ3n) is 3.70. The second-order valence-electron chi connectivity index (χ2n) is 5.79. The largest absolute Gasteiger partial charge is 0.338 e. The minimum absolute atomic E-state index is 0.206. The van der Waals surface area contributed by atoms with Crippen molar-refractivity contribution in [2.75, 3.05) is 0 Å². The van der Waals surface area contributed by atoms with E-state index in [0.717, 1.165) is 6.42 Å². The zero-order valence-corrected chi connectivity index (χ0v) is 11.8. The number of hydrogen-bond donors (Lipinski definition) is 0. The standard InChI is InChI=1S/C16H23NO/c1-11(2)17(12(3)4)16(18)15-10-14(15)13-8-6-5-7-9-13/h5-9,11-12,14-15H,10H2,1-4H3/t14-,15+/m1/s1. The van der Waals surface area contributed by atoms with Crippen LogP contribution in [-0.2, 0) is 4.79 Å². The lowest BCUT2D eigenvalue weighted by Crippen LogP contribution is -2.43. The number of carbonyl (C=O) groups excluding carboxylic acids is 1. The van der Waals surface area contributed by atoms with Gasteiger partial charge in [0.05, 0.1) is 0 Å². The summed E-state index contributed by atoms with van der Waals surface area (Å²) in [5, 5.41) is 0. The van der Waals surface area contributed by atoms with Crippen molar-refractivity contribution in [2.24, 2.45) is 5.92 Å². The highest BCUT2D eigenvalue weighted by molar-refractivity contribution is 5.83. The number of benzene rings is 1. The molecule has 1 fully saturated rings. The van der Waals surface area contributed by atoms with Crippen molar-refractivity contribution in [3.8, 4) is 0 Å². The maximum Gasteiger partial charge on any atom is 0.226 e. The first kappa shape index (κ1) is 13.1. The van der Waals surface area contributed by atoms with Crippen LogP contribution in [0, 0.1) is 5.92 Å². The van der Waals surface area contributed by atoms with Crippen LogP contribution in [0.4, 0.5) is 0 Å². The lowest BCUT2D eigenvalue weighted by Gasteiger charge is -2.31. The highest BCUT2D eigenvalue weighted by Gasteiger charge is 2.46. The van der Waals surface area contributed by atoms with Gasteiger partial charge in [-0.25, -0.2) is 0 Å². The molecule has 1 aliphatic carbocycles. The first-order valence-corrected chi connectivity index (χ1v) is 6.89. The van der Waals surface area contributed by atoms with Crippen molar-refractivity contribution >= 4 is 5.91 Å². The molecule has 0 saturated heterocycles. The molecule has 98 valence electrons. The van der Waals surface area contributed by atoms with Gasteiger partial charge in [0.15, 0.2) is 0 Å². The van der Waals surface area contributed by atoms with E-state index < -0.39 is 0 Å². The Kier molecular flexibility index (Phi) is 3.74. The van der Waals surface area contributed by atoms with Crippen molar-refractivity contribution in [3.63, 3.8) is 0 Å². The van der Waals surface area contributed by atoms with E-state index in [0.29, 0.717) is 11.8 Å². The molecule has 2 nitrogen and oxygen atoms in total. The number of rotatable bonds is 4. The molecule has 1 aromatic rings. The summed E-state index contributed by atoms with van der Waals surface area (Å²) in [6, 6.07) is 11.0. The van der Waals surface area contributed by atoms with E-state index in [1.165, 1.54) is 5.56 Å². The van der Waals surface area contributed by atoms with Crippen LogP contribution >= 0.6 is 0 Å². The molecule has 1 saturated carbocycles. The van der Waals surface area contributed by atoms with Crippen LogP contribution in [0.25, 0.3) is 0 Å². The lowest BCUT2D eigenvalue weighted by atomic mass is 10.1. The van der Waals surface area contributed by atoms with Crippen LogP contribution in [0.15, 0.2) is 30.3 Å². The highest BCUT2D eigenvalue weighted by Crippen LogP contribution is 2.48. The van der Waals surface area contributed by atoms with Gasteiger partial charge in [-0.05, 0) is 45.6 Å². The van der Waals surface area contributed by atoms with Crippen LogP contribution in [0.1, 0.15) is 45.6 Å². The summed E-state index contributed by atoms with van der Waals surface area (Å²) in [5.74, 6) is 0.977. The summed E-state index contributed by atoms with van der Waals surface area (Å²) in [6.07, 6.45) is 1.01. The van der Waals surface area contributed by atoms with Gasteiger partial charge >= 0.3 is 0 Å². The van der Waals surface area contributed by atoms with Crippen LogP contribution in [0.3, 0.4) is 0 Å². The van der Waals surface area contributed by atoms with Gasteiger partial charge in [0.1, 0.15) is 0 Å². The molecule has 0 bridgehead atoms. The molecule has 0 aliphatic heterocycles. The van der Waals surface area contributed by atoms with E-state index in [1.807, 2.05) is 11.0 Å². The van der Waals surface area contributed by atoms with E-state index in [4.69, 9.17) is 0 Å². The molecular weight excluding hydrogens is 222 g/mol. The molecule has 2 heteroatoms. The topological polar surface area (TPSA) is 20.3 Å². The fourth-order valence-corrected chi connectivity index (χ4v) is 2.83. The maximum atomic E-state index is 12.5. The summed E-state index contributed by atoms with van der Waals surface area (Å²) in [6.45, 7) is 8.38. The van der Waals surface area contributed by atoms with E-state index >= 15 is 0 Å². The Morgan fingerprint density at radius 1 is 1.11 bits per heavy atom.